The number of pyridine rings is 1. The van der Waals surface area contributed by atoms with Crippen molar-refractivity contribution in [2.45, 2.75) is 46.1 Å². The minimum Gasteiger partial charge on any atom is -0.481 e. The Morgan fingerprint density at radius 3 is 2.43 bits per heavy atom. The van der Waals surface area contributed by atoms with E-state index in [1.54, 1.807) is 0 Å². The molecule has 0 atom stereocenters. The molecule has 0 saturated heterocycles. The van der Waals surface area contributed by atoms with Gasteiger partial charge in [0.1, 0.15) is 12.1 Å². The summed E-state index contributed by atoms with van der Waals surface area (Å²) in [5.74, 6) is -0.745. The molecule has 0 saturated carbocycles. The first kappa shape index (κ1) is 21.6. The third-order valence-corrected chi connectivity index (χ3v) is 5.36. The van der Waals surface area contributed by atoms with Crippen LogP contribution in [0.5, 0.6) is 0 Å². The normalized spacial score (nSPS) is 11.0. The molecule has 6 heteroatoms. The molecule has 0 aliphatic carbocycles. The highest BCUT2D eigenvalue weighted by Crippen LogP contribution is 2.24. The predicted molar refractivity (Wildman–Crippen MR) is 118 cm³/mol. The third-order valence-electron chi connectivity index (χ3n) is 5.36. The number of rotatable bonds is 10. The molecule has 0 fully saturated rings. The molecule has 1 aromatic carbocycles. The average Bonchev–Trinajstić information content (AvgIpc) is 2.74. The zero-order chi connectivity index (χ0) is 21.5. The Labute approximate surface area is 176 Å². The average molecular weight is 410 g/mol. The summed E-state index contributed by atoms with van der Waals surface area (Å²) in [5.41, 5.74) is 2.67. The summed E-state index contributed by atoms with van der Waals surface area (Å²) < 4.78 is 7.68. The first-order valence-electron chi connectivity index (χ1n) is 10.6. The van der Waals surface area contributed by atoms with Crippen molar-refractivity contribution in [1.29, 1.82) is 0 Å². The van der Waals surface area contributed by atoms with Gasteiger partial charge in [-0.25, -0.2) is 9.36 Å². The van der Waals surface area contributed by atoms with Crippen molar-refractivity contribution in [2.24, 2.45) is 0 Å². The van der Waals surface area contributed by atoms with Crippen LogP contribution in [0.2, 0.25) is 0 Å². The number of hydrogen-bond acceptors (Lipinski definition) is 4. The first-order chi connectivity index (χ1) is 14.5. The second-order valence-electron chi connectivity index (χ2n) is 7.37. The molecule has 0 amide bonds. The molecule has 0 bridgehead atoms. The molecule has 6 nitrogen and oxygen atoms in total. The number of anilines is 1. The SMILES string of the molecule is CCN(CC)c1ccc2cc(-c3cc[n+](CCCCCC(=O)O)cc3)c(=O)oc2c1. The van der Waals surface area contributed by atoms with Gasteiger partial charge >= 0.3 is 11.6 Å². The number of carbonyl (C=O) groups is 1. The van der Waals surface area contributed by atoms with Crippen LogP contribution in [-0.4, -0.2) is 24.2 Å². The van der Waals surface area contributed by atoms with Gasteiger partial charge in [-0.1, -0.05) is 0 Å². The van der Waals surface area contributed by atoms with Crippen LogP contribution in [0.4, 0.5) is 5.69 Å². The fourth-order valence-corrected chi connectivity index (χ4v) is 3.62. The highest BCUT2D eigenvalue weighted by Gasteiger charge is 2.11. The van der Waals surface area contributed by atoms with E-state index in [4.69, 9.17) is 9.52 Å². The molecule has 0 radical (unpaired) electrons. The van der Waals surface area contributed by atoms with Crippen LogP contribution < -0.4 is 15.1 Å². The van der Waals surface area contributed by atoms with E-state index >= 15 is 0 Å². The van der Waals surface area contributed by atoms with E-state index in [9.17, 15) is 9.59 Å². The van der Waals surface area contributed by atoms with Gasteiger partial charge in [0.15, 0.2) is 12.4 Å². The molecule has 158 valence electrons. The maximum absolute atomic E-state index is 12.6. The number of fused-ring (bicyclic) bond motifs is 1. The van der Waals surface area contributed by atoms with Crippen LogP contribution in [0.3, 0.4) is 0 Å². The number of benzene rings is 1. The van der Waals surface area contributed by atoms with Crippen LogP contribution in [-0.2, 0) is 11.3 Å². The van der Waals surface area contributed by atoms with E-state index in [2.05, 4.69) is 24.8 Å². The minimum atomic E-state index is -0.745. The number of aliphatic carboxylic acids is 1. The monoisotopic (exact) mass is 409 g/mol. The van der Waals surface area contributed by atoms with Gasteiger partial charge < -0.3 is 14.4 Å². The standard InChI is InChI=1S/C24H28N2O4/c1-3-26(4-2)20-10-9-19-16-21(24(29)30-22(19)17-20)18-11-14-25(15-12-18)13-7-5-6-8-23(27)28/h9-12,14-17H,3-8,13H2,1-2H3/p+1. The third kappa shape index (κ3) is 5.26. The quantitative estimate of drug-likeness (QED) is 0.308. The summed E-state index contributed by atoms with van der Waals surface area (Å²) in [7, 11) is 0. The topological polar surface area (TPSA) is 74.6 Å². The molecule has 0 aliphatic heterocycles. The van der Waals surface area contributed by atoms with Gasteiger partial charge in [-0.2, -0.15) is 0 Å². The van der Waals surface area contributed by atoms with Gasteiger partial charge in [0.25, 0.3) is 0 Å². The summed E-state index contributed by atoms with van der Waals surface area (Å²) in [6.07, 6.45) is 6.61. The molecule has 3 rings (SSSR count). The van der Waals surface area contributed by atoms with Crippen LogP contribution in [0.25, 0.3) is 22.1 Å². The number of nitrogens with zero attached hydrogens (tertiary/aromatic N) is 2. The van der Waals surface area contributed by atoms with Gasteiger partial charge in [-0.3, -0.25) is 4.79 Å². The Hall–Kier alpha value is -3.15. The summed E-state index contributed by atoms with van der Waals surface area (Å²) in [4.78, 5) is 25.4. The van der Waals surface area contributed by atoms with E-state index in [-0.39, 0.29) is 12.0 Å². The number of carboxylic acids is 1. The van der Waals surface area contributed by atoms with E-state index in [0.29, 0.717) is 17.6 Å². The smallest absolute Gasteiger partial charge is 0.344 e. The number of carboxylic acid groups (broad SMARTS) is 1. The fraction of sp³-hybridized carbons (Fsp3) is 0.375. The lowest BCUT2D eigenvalue weighted by atomic mass is 10.1. The van der Waals surface area contributed by atoms with Crippen molar-refractivity contribution in [3.8, 4) is 11.1 Å². The summed E-state index contributed by atoms with van der Waals surface area (Å²) >= 11 is 0. The molecule has 2 aromatic heterocycles. The van der Waals surface area contributed by atoms with Crippen LogP contribution in [0.15, 0.2) is 58.0 Å². The molecule has 0 spiro atoms. The predicted octanol–water partition coefficient (Wildman–Crippen LogP) is 4.24. The van der Waals surface area contributed by atoms with Crippen molar-refractivity contribution >= 4 is 22.6 Å². The van der Waals surface area contributed by atoms with E-state index in [1.807, 2.05) is 47.3 Å². The van der Waals surface area contributed by atoms with Crippen LogP contribution in [0.1, 0.15) is 39.5 Å². The molecule has 30 heavy (non-hydrogen) atoms. The van der Waals surface area contributed by atoms with E-state index in [0.717, 1.165) is 49.1 Å². The van der Waals surface area contributed by atoms with E-state index < -0.39 is 5.97 Å². The van der Waals surface area contributed by atoms with Gasteiger partial charge in [-0.05, 0) is 44.9 Å². The van der Waals surface area contributed by atoms with Gasteiger partial charge in [0.2, 0.25) is 0 Å². The molecule has 3 aromatic rings. The molecule has 1 N–H and O–H groups in total. The van der Waals surface area contributed by atoms with E-state index in [1.165, 1.54) is 0 Å². The van der Waals surface area contributed by atoms with Crippen molar-refractivity contribution in [1.82, 2.24) is 0 Å². The molecular weight excluding hydrogens is 380 g/mol. The maximum Gasteiger partial charge on any atom is 0.344 e. The van der Waals surface area contributed by atoms with Gasteiger partial charge in [-0.15, -0.1) is 0 Å². The summed E-state index contributed by atoms with van der Waals surface area (Å²) in [6, 6.07) is 11.7. The Morgan fingerprint density at radius 2 is 1.77 bits per heavy atom. The highest BCUT2D eigenvalue weighted by molar-refractivity contribution is 5.84. The summed E-state index contributed by atoms with van der Waals surface area (Å²) in [6.45, 7) is 6.82. The largest absolute Gasteiger partial charge is 0.481 e. The molecule has 0 unspecified atom stereocenters. The Kier molecular flexibility index (Phi) is 7.22. The van der Waals surface area contributed by atoms with Crippen molar-refractivity contribution in [2.75, 3.05) is 18.0 Å². The number of unbranched alkanes of at least 4 members (excludes halogenated alkanes) is 2. The Bertz CT molecular complexity index is 1050. The Morgan fingerprint density at radius 1 is 1.03 bits per heavy atom. The second-order valence-corrected chi connectivity index (χ2v) is 7.37. The lowest BCUT2D eigenvalue weighted by molar-refractivity contribution is -0.697. The fourth-order valence-electron chi connectivity index (χ4n) is 3.62. The number of aryl methyl sites for hydroxylation is 1. The van der Waals surface area contributed by atoms with Crippen molar-refractivity contribution < 1.29 is 18.9 Å². The molecular formula is C24H29N2O4+. The van der Waals surface area contributed by atoms with Crippen molar-refractivity contribution in [3.05, 3.63) is 59.2 Å². The lowest BCUT2D eigenvalue weighted by Gasteiger charge is -2.21. The van der Waals surface area contributed by atoms with Crippen LogP contribution >= 0.6 is 0 Å². The maximum atomic E-state index is 12.6. The minimum absolute atomic E-state index is 0.220. The molecule has 0 aliphatic rings. The summed E-state index contributed by atoms with van der Waals surface area (Å²) in [5, 5.41) is 9.58. The number of hydrogen-bond donors (Lipinski definition) is 1. The first-order valence-corrected chi connectivity index (χ1v) is 10.6. The lowest BCUT2D eigenvalue weighted by Crippen LogP contribution is -2.32. The molecule has 2 heterocycles. The van der Waals surface area contributed by atoms with Crippen molar-refractivity contribution in [3.63, 3.8) is 0 Å². The zero-order valence-electron chi connectivity index (χ0n) is 17.6. The van der Waals surface area contributed by atoms with Gasteiger partial charge in [0, 0.05) is 60.8 Å². The zero-order valence-corrected chi connectivity index (χ0v) is 17.6. The second kappa shape index (κ2) is 10.1. The van der Waals surface area contributed by atoms with Gasteiger partial charge in [0.05, 0.1) is 5.56 Å². The van der Waals surface area contributed by atoms with Crippen LogP contribution in [0, 0.1) is 0 Å². The highest BCUT2D eigenvalue weighted by atomic mass is 16.4. The number of aromatic nitrogens is 1. The Balaban J connectivity index is 1.74.